The van der Waals surface area contributed by atoms with E-state index in [9.17, 15) is 4.79 Å². The molecule has 0 rings (SSSR count). The molecule has 0 radical (unpaired) electrons. The molecule has 0 bridgehead atoms. The Hall–Kier alpha value is -0.210. The predicted molar refractivity (Wildman–Crippen MR) is 34.2 cm³/mol. The maximum Gasteiger partial charge on any atom is 0.330 e. The third kappa shape index (κ3) is 9.25. The van der Waals surface area contributed by atoms with Gasteiger partial charge in [-0.05, 0) is 6.92 Å². The Bertz CT molecular complexity index is 78.0. The Kier molecular flexibility index (Phi) is 9.09. The zero-order chi connectivity index (χ0) is 7.15. The van der Waals surface area contributed by atoms with Crippen molar-refractivity contribution in [3.05, 3.63) is 12.2 Å². The van der Waals surface area contributed by atoms with Crippen LogP contribution in [0.5, 0.6) is 0 Å². The van der Waals surface area contributed by atoms with Gasteiger partial charge in [0.25, 0.3) is 0 Å². The summed E-state index contributed by atoms with van der Waals surface area (Å²) in [6, 6.07) is 0. The average Bonchev–Trinajstić information content (AvgIpc) is 1.72. The van der Waals surface area contributed by atoms with E-state index in [1.807, 2.05) is 0 Å². The molecule has 0 aliphatic rings. The highest BCUT2D eigenvalue weighted by atomic mass is 36.5. The van der Waals surface area contributed by atoms with Crippen molar-refractivity contribution in [2.45, 2.75) is 6.92 Å². The summed E-state index contributed by atoms with van der Waals surface area (Å²) in [5.74, 6) is -0.935. The smallest absolute Gasteiger partial charge is 0.330 e. The number of rotatable bonds is 1. The topological polar surface area (TPSA) is 37.3 Å². The Morgan fingerprint density at radius 2 is 1.75 bits per heavy atom. The highest BCUT2D eigenvalue weighted by molar-refractivity contribution is 6.85. The monoisotopic (exact) mass is 156 g/mol. The molecule has 48 valence electrons. The van der Waals surface area contributed by atoms with Gasteiger partial charge in [0.2, 0.25) is 0 Å². The fourth-order valence-corrected chi connectivity index (χ4v) is 0. The second kappa shape index (κ2) is 6.79. The van der Waals surface area contributed by atoms with Crippen molar-refractivity contribution in [2.24, 2.45) is 0 Å². The molecule has 8 heavy (non-hydrogen) atoms. The van der Waals surface area contributed by atoms with Crippen LogP contribution in [0.3, 0.4) is 0 Å². The molecule has 0 heterocycles. The minimum atomic E-state index is -0.935. The van der Waals surface area contributed by atoms with E-state index in [0.717, 1.165) is 0 Å². The number of carboxylic acid groups (broad SMARTS) is 1. The van der Waals surface area contributed by atoms with Gasteiger partial charge in [-0.15, -0.1) is 0 Å². The summed E-state index contributed by atoms with van der Waals surface area (Å²) in [7, 11) is 8.22. The molecular formula is C4H6Cl2O2. The lowest BCUT2D eigenvalue weighted by Gasteiger charge is -1.79. The largest absolute Gasteiger partial charge is 0.478 e. The van der Waals surface area contributed by atoms with E-state index in [4.69, 9.17) is 5.11 Å². The van der Waals surface area contributed by atoms with Crippen molar-refractivity contribution >= 4 is 27.7 Å². The lowest BCUT2D eigenvalue weighted by Crippen LogP contribution is -1.92. The number of hydrogen-bond donors (Lipinski definition) is 1. The quantitative estimate of drug-likeness (QED) is 0.591. The molecule has 0 amide bonds. The van der Waals surface area contributed by atoms with Crippen molar-refractivity contribution in [3.63, 3.8) is 0 Å². The summed E-state index contributed by atoms with van der Waals surface area (Å²) in [6.07, 6.45) is 0. The number of aliphatic carboxylic acids is 1. The number of carbonyl (C=O) groups is 1. The molecule has 0 aromatic rings. The Morgan fingerprint density at radius 1 is 1.62 bits per heavy atom. The van der Waals surface area contributed by atoms with Crippen LogP contribution in [0.4, 0.5) is 0 Å². The number of carboxylic acids is 1. The molecule has 0 atom stereocenters. The zero-order valence-corrected chi connectivity index (χ0v) is 5.83. The van der Waals surface area contributed by atoms with Crippen molar-refractivity contribution < 1.29 is 9.90 Å². The summed E-state index contributed by atoms with van der Waals surface area (Å²) < 4.78 is 0. The van der Waals surface area contributed by atoms with Crippen LogP contribution in [0, 0.1) is 0 Å². The fourth-order valence-electron chi connectivity index (χ4n) is 0. The van der Waals surface area contributed by atoms with Crippen molar-refractivity contribution in [1.82, 2.24) is 0 Å². The first-order chi connectivity index (χ1) is 3.64. The molecule has 0 unspecified atom stereocenters. The van der Waals surface area contributed by atoms with Gasteiger partial charge in [0.1, 0.15) is 0 Å². The third-order valence-corrected chi connectivity index (χ3v) is 0.365. The van der Waals surface area contributed by atoms with Crippen LogP contribution in [-0.2, 0) is 4.79 Å². The zero-order valence-electron chi connectivity index (χ0n) is 4.32. The normalized spacial score (nSPS) is 6.38. The van der Waals surface area contributed by atoms with E-state index in [1.54, 1.807) is 0 Å². The van der Waals surface area contributed by atoms with Gasteiger partial charge in [-0.25, -0.2) is 4.79 Å². The third-order valence-electron chi connectivity index (χ3n) is 0.365. The van der Waals surface area contributed by atoms with E-state index in [2.05, 4.69) is 28.3 Å². The van der Waals surface area contributed by atoms with E-state index in [1.165, 1.54) is 6.92 Å². The van der Waals surface area contributed by atoms with Crippen molar-refractivity contribution in [2.75, 3.05) is 0 Å². The molecule has 0 saturated carbocycles. The summed E-state index contributed by atoms with van der Waals surface area (Å²) >= 11 is 0. The van der Waals surface area contributed by atoms with Crippen molar-refractivity contribution in [1.29, 1.82) is 0 Å². The molecule has 4 heteroatoms. The van der Waals surface area contributed by atoms with Crippen LogP contribution in [0.25, 0.3) is 0 Å². The van der Waals surface area contributed by atoms with Crippen LogP contribution in [0.2, 0.25) is 0 Å². The Labute approximate surface area is 57.3 Å². The number of hydrogen-bond acceptors (Lipinski definition) is 1. The first-order valence-electron chi connectivity index (χ1n) is 1.67. The van der Waals surface area contributed by atoms with Crippen molar-refractivity contribution in [3.8, 4) is 0 Å². The minimum absolute atomic E-state index is 0.176. The highest BCUT2D eigenvalue weighted by Crippen LogP contribution is 1.81. The number of halogens is 2. The molecule has 1 N–H and O–H groups in total. The molecule has 0 aliphatic heterocycles. The molecule has 0 aromatic carbocycles. The van der Waals surface area contributed by atoms with E-state index in [0.29, 0.717) is 0 Å². The molecule has 0 spiro atoms. The van der Waals surface area contributed by atoms with Gasteiger partial charge in [-0.2, -0.15) is 0 Å². The van der Waals surface area contributed by atoms with Gasteiger partial charge >= 0.3 is 5.97 Å². The van der Waals surface area contributed by atoms with Gasteiger partial charge in [0.05, 0.1) is 0 Å². The second-order valence-electron chi connectivity index (χ2n) is 1.09. The first kappa shape index (κ1) is 10.7. The maximum absolute atomic E-state index is 9.60. The van der Waals surface area contributed by atoms with E-state index in [-0.39, 0.29) is 5.57 Å². The average molecular weight is 157 g/mol. The predicted octanol–water partition coefficient (Wildman–Crippen LogP) is 2.03. The van der Waals surface area contributed by atoms with Crippen LogP contribution >= 0.6 is 21.7 Å². The lowest BCUT2D eigenvalue weighted by atomic mass is 10.4. The van der Waals surface area contributed by atoms with Gasteiger partial charge in [0.15, 0.2) is 0 Å². The molecule has 0 fully saturated rings. The highest BCUT2D eigenvalue weighted by Gasteiger charge is 1.90. The van der Waals surface area contributed by atoms with Gasteiger partial charge in [-0.3, -0.25) is 0 Å². The van der Waals surface area contributed by atoms with Crippen LogP contribution in [0.15, 0.2) is 12.2 Å². The molecule has 0 aromatic heterocycles. The SMILES string of the molecule is C=C(C)C(=O)O.ClCl. The van der Waals surface area contributed by atoms with E-state index < -0.39 is 5.97 Å². The Balaban J connectivity index is 0. The standard InChI is InChI=1S/C4H6O2.Cl2/c1-3(2)4(5)6;1-2/h1H2,2H3,(H,5,6);. The Morgan fingerprint density at radius 3 is 1.75 bits per heavy atom. The second-order valence-corrected chi connectivity index (χ2v) is 1.09. The van der Waals surface area contributed by atoms with Gasteiger partial charge < -0.3 is 5.11 Å². The fraction of sp³-hybridized carbons (Fsp3) is 0.250. The summed E-state index contributed by atoms with van der Waals surface area (Å²) in [5, 5.41) is 7.89. The summed E-state index contributed by atoms with van der Waals surface area (Å²) in [4.78, 5) is 9.60. The summed E-state index contributed by atoms with van der Waals surface area (Å²) in [5.41, 5.74) is 0.176. The molecule has 0 saturated heterocycles. The lowest BCUT2D eigenvalue weighted by molar-refractivity contribution is -0.132. The van der Waals surface area contributed by atoms with Gasteiger partial charge in [0, 0.05) is 27.3 Å². The molecular weight excluding hydrogens is 151 g/mol. The van der Waals surface area contributed by atoms with Crippen LogP contribution in [0.1, 0.15) is 6.92 Å². The van der Waals surface area contributed by atoms with Gasteiger partial charge in [-0.1, -0.05) is 6.58 Å². The van der Waals surface area contributed by atoms with E-state index >= 15 is 0 Å². The van der Waals surface area contributed by atoms with Crippen LogP contribution in [-0.4, -0.2) is 11.1 Å². The maximum atomic E-state index is 9.60. The van der Waals surface area contributed by atoms with Crippen LogP contribution < -0.4 is 0 Å². The minimum Gasteiger partial charge on any atom is -0.478 e. The molecule has 0 aliphatic carbocycles. The first-order valence-corrected chi connectivity index (χ1v) is 2.82. The summed E-state index contributed by atoms with van der Waals surface area (Å²) in [6.45, 7) is 4.60. The molecule has 2 nitrogen and oxygen atoms in total.